The number of anilines is 3. The summed E-state index contributed by atoms with van der Waals surface area (Å²) in [4.78, 5) is 26.5. The molecule has 0 aliphatic heterocycles. The lowest BCUT2D eigenvalue weighted by atomic mass is 10.1. The van der Waals surface area contributed by atoms with Gasteiger partial charge in [0, 0.05) is 22.9 Å². The van der Waals surface area contributed by atoms with E-state index in [-0.39, 0.29) is 5.91 Å². The Kier molecular flexibility index (Phi) is 6.01. The van der Waals surface area contributed by atoms with Crippen molar-refractivity contribution in [2.45, 2.75) is 20.3 Å². The number of fused-ring (bicyclic) bond motifs is 1. The van der Waals surface area contributed by atoms with Crippen molar-refractivity contribution in [2.24, 2.45) is 0 Å². The maximum absolute atomic E-state index is 12.9. The molecule has 0 spiro atoms. The molecular weight excluding hydrogens is 442 g/mol. The van der Waals surface area contributed by atoms with Gasteiger partial charge in [-0.25, -0.2) is 15.0 Å². The molecule has 34 heavy (non-hydrogen) atoms. The van der Waals surface area contributed by atoms with Gasteiger partial charge in [-0.3, -0.25) is 10.1 Å². The zero-order valence-electron chi connectivity index (χ0n) is 18.9. The van der Waals surface area contributed by atoms with E-state index in [2.05, 4.69) is 44.6 Å². The molecule has 0 fully saturated rings. The van der Waals surface area contributed by atoms with Crippen molar-refractivity contribution in [3.63, 3.8) is 0 Å². The summed E-state index contributed by atoms with van der Waals surface area (Å²) >= 11 is 1.48. The quantitative estimate of drug-likeness (QED) is 0.295. The summed E-state index contributed by atoms with van der Waals surface area (Å²) in [6.45, 7) is 3.99. The predicted molar refractivity (Wildman–Crippen MR) is 139 cm³/mol. The SMILES string of the molecule is CCc1ccc2nc(NC(=O)c3cccc(Nc4cc(-c5ccccc5)nc(C)n4)c3)sc2c1. The molecule has 5 rings (SSSR count). The van der Waals surface area contributed by atoms with Crippen molar-refractivity contribution in [3.05, 3.63) is 95.8 Å². The average molecular weight is 466 g/mol. The fraction of sp³-hybridized carbons (Fsp3) is 0.111. The zero-order valence-corrected chi connectivity index (χ0v) is 19.7. The van der Waals surface area contributed by atoms with Crippen LogP contribution in [0.25, 0.3) is 21.5 Å². The van der Waals surface area contributed by atoms with E-state index in [0.717, 1.165) is 33.6 Å². The second kappa shape index (κ2) is 9.41. The van der Waals surface area contributed by atoms with E-state index in [1.165, 1.54) is 16.9 Å². The van der Waals surface area contributed by atoms with Crippen LogP contribution in [0.15, 0.2) is 78.9 Å². The average Bonchev–Trinajstić information content (AvgIpc) is 3.25. The molecule has 7 heteroatoms. The van der Waals surface area contributed by atoms with Gasteiger partial charge in [-0.2, -0.15) is 0 Å². The van der Waals surface area contributed by atoms with Crippen LogP contribution >= 0.6 is 11.3 Å². The second-order valence-electron chi connectivity index (χ2n) is 7.89. The van der Waals surface area contributed by atoms with Gasteiger partial charge in [-0.05, 0) is 49.2 Å². The second-order valence-corrected chi connectivity index (χ2v) is 8.92. The number of nitrogens with zero attached hydrogens (tertiary/aromatic N) is 3. The standard InChI is InChI=1S/C27H23N5OS/c1-3-18-12-13-22-24(14-18)34-27(31-22)32-26(33)20-10-7-11-21(15-20)30-25-16-23(28-17(2)29-25)19-8-5-4-6-9-19/h4-16H,3H2,1-2H3,(H,28,29,30)(H,31,32,33). The summed E-state index contributed by atoms with van der Waals surface area (Å²) in [6, 6.07) is 25.4. The Morgan fingerprint density at radius 2 is 1.76 bits per heavy atom. The number of amides is 1. The first-order valence-electron chi connectivity index (χ1n) is 11.1. The Labute approximate surface area is 201 Å². The fourth-order valence-electron chi connectivity index (χ4n) is 3.69. The first kappa shape index (κ1) is 21.7. The third-order valence-electron chi connectivity index (χ3n) is 5.39. The number of thiazole rings is 1. The van der Waals surface area contributed by atoms with Crippen LogP contribution in [0.5, 0.6) is 0 Å². The van der Waals surface area contributed by atoms with Gasteiger partial charge in [-0.15, -0.1) is 0 Å². The molecule has 2 aromatic heterocycles. The van der Waals surface area contributed by atoms with Crippen LogP contribution in [0.1, 0.15) is 28.7 Å². The first-order chi connectivity index (χ1) is 16.6. The fourth-order valence-corrected chi connectivity index (χ4v) is 4.61. The van der Waals surface area contributed by atoms with Crippen LogP contribution in [0.2, 0.25) is 0 Å². The van der Waals surface area contributed by atoms with E-state index < -0.39 is 0 Å². The Bertz CT molecular complexity index is 1480. The highest BCUT2D eigenvalue weighted by atomic mass is 32.1. The highest BCUT2D eigenvalue weighted by molar-refractivity contribution is 7.22. The monoisotopic (exact) mass is 465 g/mol. The Hall–Kier alpha value is -4.10. The number of carbonyl (C=O) groups excluding carboxylic acids is 1. The molecule has 0 aliphatic carbocycles. The van der Waals surface area contributed by atoms with E-state index in [9.17, 15) is 4.79 Å². The molecule has 0 atom stereocenters. The number of aromatic nitrogens is 3. The largest absolute Gasteiger partial charge is 0.340 e. The first-order valence-corrected chi connectivity index (χ1v) is 11.9. The van der Waals surface area contributed by atoms with Crippen molar-refractivity contribution in [3.8, 4) is 11.3 Å². The smallest absolute Gasteiger partial charge is 0.257 e. The number of rotatable bonds is 6. The van der Waals surface area contributed by atoms with Crippen LogP contribution < -0.4 is 10.6 Å². The third kappa shape index (κ3) is 4.79. The Morgan fingerprint density at radius 3 is 2.59 bits per heavy atom. The van der Waals surface area contributed by atoms with Gasteiger partial charge in [0.1, 0.15) is 11.6 Å². The number of nitrogens with one attached hydrogen (secondary N) is 2. The van der Waals surface area contributed by atoms with Crippen LogP contribution in [0.3, 0.4) is 0 Å². The zero-order chi connectivity index (χ0) is 23.5. The topological polar surface area (TPSA) is 79.8 Å². The van der Waals surface area contributed by atoms with Gasteiger partial charge in [0.25, 0.3) is 5.91 Å². The number of aryl methyl sites for hydroxylation is 2. The number of hydrogen-bond donors (Lipinski definition) is 2. The van der Waals surface area contributed by atoms with Gasteiger partial charge < -0.3 is 5.32 Å². The van der Waals surface area contributed by atoms with Crippen LogP contribution in [-0.4, -0.2) is 20.9 Å². The molecule has 3 aromatic carbocycles. The number of carbonyl (C=O) groups is 1. The van der Waals surface area contributed by atoms with E-state index in [1.54, 1.807) is 12.1 Å². The van der Waals surface area contributed by atoms with Gasteiger partial charge in [0.15, 0.2) is 5.13 Å². The minimum absolute atomic E-state index is 0.206. The summed E-state index contributed by atoms with van der Waals surface area (Å²) in [5, 5.41) is 6.82. The lowest BCUT2D eigenvalue weighted by Crippen LogP contribution is -2.11. The molecule has 0 unspecified atom stereocenters. The normalized spacial score (nSPS) is 10.9. The molecule has 0 radical (unpaired) electrons. The van der Waals surface area contributed by atoms with Crippen molar-refractivity contribution in [1.82, 2.24) is 15.0 Å². The molecule has 1 amide bonds. The molecule has 0 bridgehead atoms. The van der Waals surface area contributed by atoms with Crippen LogP contribution in [0.4, 0.5) is 16.6 Å². The summed E-state index contributed by atoms with van der Waals surface area (Å²) in [5.74, 6) is 1.13. The minimum atomic E-state index is -0.206. The molecule has 0 saturated carbocycles. The highest BCUT2D eigenvalue weighted by Crippen LogP contribution is 2.28. The Balaban J connectivity index is 1.35. The third-order valence-corrected chi connectivity index (χ3v) is 6.32. The van der Waals surface area contributed by atoms with Crippen LogP contribution in [-0.2, 0) is 6.42 Å². The number of benzene rings is 3. The van der Waals surface area contributed by atoms with E-state index >= 15 is 0 Å². The summed E-state index contributed by atoms with van der Waals surface area (Å²) in [7, 11) is 0. The Morgan fingerprint density at radius 1 is 0.912 bits per heavy atom. The summed E-state index contributed by atoms with van der Waals surface area (Å²) in [5.41, 5.74) is 5.30. The van der Waals surface area contributed by atoms with E-state index in [0.29, 0.717) is 22.3 Å². The molecule has 5 aromatic rings. The molecule has 6 nitrogen and oxygen atoms in total. The molecule has 2 heterocycles. The predicted octanol–water partition coefficient (Wildman–Crippen LogP) is 6.62. The summed E-state index contributed by atoms with van der Waals surface area (Å²) < 4.78 is 1.07. The van der Waals surface area contributed by atoms with Gasteiger partial charge in [-0.1, -0.05) is 60.7 Å². The van der Waals surface area contributed by atoms with Gasteiger partial charge in [0.05, 0.1) is 15.9 Å². The maximum Gasteiger partial charge on any atom is 0.257 e. The highest BCUT2D eigenvalue weighted by Gasteiger charge is 2.12. The molecule has 2 N–H and O–H groups in total. The molecular formula is C27H23N5OS. The lowest BCUT2D eigenvalue weighted by Gasteiger charge is -2.10. The van der Waals surface area contributed by atoms with Crippen molar-refractivity contribution < 1.29 is 4.79 Å². The van der Waals surface area contributed by atoms with Gasteiger partial charge >= 0.3 is 0 Å². The molecule has 0 aliphatic rings. The maximum atomic E-state index is 12.9. The van der Waals surface area contributed by atoms with Crippen molar-refractivity contribution in [1.29, 1.82) is 0 Å². The molecule has 168 valence electrons. The lowest BCUT2D eigenvalue weighted by molar-refractivity contribution is 0.102. The van der Waals surface area contributed by atoms with Crippen molar-refractivity contribution in [2.75, 3.05) is 10.6 Å². The van der Waals surface area contributed by atoms with E-state index in [4.69, 9.17) is 0 Å². The minimum Gasteiger partial charge on any atom is -0.340 e. The van der Waals surface area contributed by atoms with Crippen LogP contribution in [0, 0.1) is 6.92 Å². The van der Waals surface area contributed by atoms with Gasteiger partial charge in [0.2, 0.25) is 0 Å². The molecule has 0 saturated heterocycles. The number of hydrogen-bond acceptors (Lipinski definition) is 6. The van der Waals surface area contributed by atoms with Crippen molar-refractivity contribution >= 4 is 44.1 Å². The van der Waals surface area contributed by atoms with E-state index in [1.807, 2.05) is 61.5 Å². The summed E-state index contributed by atoms with van der Waals surface area (Å²) in [6.07, 6.45) is 0.966.